The van der Waals surface area contributed by atoms with Gasteiger partial charge in [-0.25, -0.2) is 9.98 Å². The average molecular weight is 438 g/mol. The summed E-state index contributed by atoms with van der Waals surface area (Å²) in [5, 5.41) is 7.77. The van der Waals surface area contributed by atoms with Gasteiger partial charge in [-0.15, -0.1) is 35.3 Å². The standard InChI is InChI=1S/C16H30N4S.HI/c1-7-17-15(18-10-8-9-16(4,5)6)19-11-14-20-12(2)13(3)21-14;/h7-11H2,1-6H3,(H2,17,18,19);1H. The maximum absolute atomic E-state index is 4.61. The first kappa shape index (κ1) is 21.6. The third-order valence-electron chi connectivity index (χ3n) is 3.19. The molecule has 0 aromatic carbocycles. The van der Waals surface area contributed by atoms with Gasteiger partial charge in [0.2, 0.25) is 0 Å². The number of thiazole rings is 1. The highest BCUT2D eigenvalue weighted by molar-refractivity contribution is 14.0. The molecule has 0 aliphatic carbocycles. The third kappa shape index (κ3) is 8.92. The molecule has 0 bridgehead atoms. The summed E-state index contributed by atoms with van der Waals surface area (Å²) < 4.78 is 0. The highest BCUT2D eigenvalue weighted by Gasteiger charge is 2.09. The van der Waals surface area contributed by atoms with Crippen molar-refractivity contribution >= 4 is 41.3 Å². The minimum atomic E-state index is 0. The molecule has 0 saturated carbocycles. The minimum Gasteiger partial charge on any atom is -0.357 e. The summed E-state index contributed by atoms with van der Waals surface area (Å²) in [6, 6.07) is 0. The molecule has 0 aliphatic rings. The molecular weight excluding hydrogens is 407 g/mol. The Morgan fingerprint density at radius 1 is 1.23 bits per heavy atom. The van der Waals surface area contributed by atoms with Gasteiger partial charge in [-0.3, -0.25) is 0 Å². The molecular formula is C16H31IN4S. The lowest BCUT2D eigenvalue weighted by Crippen LogP contribution is -2.38. The first-order valence-electron chi connectivity index (χ1n) is 7.77. The number of aromatic nitrogens is 1. The summed E-state index contributed by atoms with van der Waals surface area (Å²) in [7, 11) is 0. The van der Waals surface area contributed by atoms with E-state index in [2.05, 4.69) is 62.2 Å². The fourth-order valence-electron chi connectivity index (χ4n) is 1.92. The molecule has 1 heterocycles. The second kappa shape index (κ2) is 10.4. The molecule has 2 N–H and O–H groups in total. The molecule has 128 valence electrons. The van der Waals surface area contributed by atoms with Crippen molar-refractivity contribution in [2.45, 2.75) is 60.9 Å². The van der Waals surface area contributed by atoms with Crippen LogP contribution in [0.5, 0.6) is 0 Å². The summed E-state index contributed by atoms with van der Waals surface area (Å²) in [4.78, 5) is 10.4. The molecule has 0 atom stereocenters. The van der Waals surface area contributed by atoms with E-state index in [-0.39, 0.29) is 24.0 Å². The van der Waals surface area contributed by atoms with Crippen molar-refractivity contribution in [3.05, 3.63) is 15.6 Å². The quantitative estimate of drug-likeness (QED) is 0.302. The summed E-state index contributed by atoms with van der Waals surface area (Å²) in [5.74, 6) is 0.886. The number of hydrogen-bond donors (Lipinski definition) is 2. The zero-order valence-corrected chi connectivity index (χ0v) is 17.9. The number of rotatable bonds is 6. The summed E-state index contributed by atoms with van der Waals surface area (Å²) in [6.45, 7) is 15.6. The van der Waals surface area contributed by atoms with Gasteiger partial charge < -0.3 is 10.6 Å². The van der Waals surface area contributed by atoms with Crippen LogP contribution in [-0.4, -0.2) is 24.0 Å². The Kier molecular flexibility index (Phi) is 10.2. The Morgan fingerprint density at radius 2 is 1.91 bits per heavy atom. The molecule has 22 heavy (non-hydrogen) atoms. The molecule has 4 nitrogen and oxygen atoms in total. The van der Waals surface area contributed by atoms with E-state index in [4.69, 9.17) is 0 Å². The fourth-order valence-corrected chi connectivity index (χ4v) is 2.78. The van der Waals surface area contributed by atoms with Crippen molar-refractivity contribution in [2.24, 2.45) is 10.4 Å². The predicted octanol–water partition coefficient (Wildman–Crippen LogP) is 4.26. The van der Waals surface area contributed by atoms with Crippen molar-refractivity contribution < 1.29 is 0 Å². The van der Waals surface area contributed by atoms with E-state index in [1.807, 2.05) is 0 Å². The van der Waals surface area contributed by atoms with E-state index >= 15 is 0 Å². The summed E-state index contributed by atoms with van der Waals surface area (Å²) in [5.41, 5.74) is 1.51. The van der Waals surface area contributed by atoms with Crippen molar-refractivity contribution in [1.29, 1.82) is 0 Å². The first-order valence-corrected chi connectivity index (χ1v) is 8.58. The topological polar surface area (TPSA) is 49.3 Å². The SMILES string of the molecule is CCNC(=NCc1nc(C)c(C)s1)NCCCC(C)(C)C.I. The number of aryl methyl sites for hydroxylation is 2. The van der Waals surface area contributed by atoms with E-state index in [9.17, 15) is 0 Å². The Morgan fingerprint density at radius 3 is 2.41 bits per heavy atom. The van der Waals surface area contributed by atoms with E-state index in [0.717, 1.165) is 36.2 Å². The van der Waals surface area contributed by atoms with Gasteiger partial charge in [0, 0.05) is 18.0 Å². The largest absolute Gasteiger partial charge is 0.357 e. The first-order chi connectivity index (χ1) is 9.81. The Bertz CT molecular complexity index is 444. The zero-order valence-electron chi connectivity index (χ0n) is 14.7. The highest BCUT2D eigenvalue weighted by atomic mass is 127. The Labute approximate surface area is 156 Å². The molecule has 0 radical (unpaired) electrons. The number of aliphatic imine (C=N–C) groups is 1. The van der Waals surface area contributed by atoms with Gasteiger partial charge in [-0.1, -0.05) is 20.8 Å². The van der Waals surface area contributed by atoms with Crippen LogP contribution in [0, 0.1) is 19.3 Å². The molecule has 1 rings (SSSR count). The number of nitrogens with one attached hydrogen (secondary N) is 2. The monoisotopic (exact) mass is 438 g/mol. The van der Waals surface area contributed by atoms with Crippen LogP contribution >= 0.6 is 35.3 Å². The number of guanidine groups is 1. The Balaban J connectivity index is 0.00000441. The molecule has 1 aromatic rings. The van der Waals surface area contributed by atoms with Crippen molar-refractivity contribution in [1.82, 2.24) is 15.6 Å². The molecule has 0 amide bonds. The average Bonchev–Trinajstić information content (AvgIpc) is 2.70. The lowest BCUT2D eigenvalue weighted by Gasteiger charge is -2.18. The molecule has 1 aromatic heterocycles. The van der Waals surface area contributed by atoms with E-state index in [1.165, 1.54) is 11.3 Å². The number of nitrogens with zero attached hydrogens (tertiary/aromatic N) is 2. The molecule has 0 aliphatic heterocycles. The van der Waals surface area contributed by atoms with Crippen LogP contribution in [0.25, 0.3) is 0 Å². The van der Waals surface area contributed by atoms with Crippen LogP contribution in [0.4, 0.5) is 0 Å². The fraction of sp³-hybridized carbons (Fsp3) is 0.750. The van der Waals surface area contributed by atoms with Crippen LogP contribution < -0.4 is 10.6 Å². The zero-order chi connectivity index (χ0) is 15.9. The number of halogens is 1. The van der Waals surface area contributed by atoms with Gasteiger partial charge in [-0.05, 0) is 39.0 Å². The maximum Gasteiger partial charge on any atom is 0.191 e. The van der Waals surface area contributed by atoms with Crippen molar-refractivity contribution in [3.63, 3.8) is 0 Å². The van der Waals surface area contributed by atoms with E-state index in [1.54, 1.807) is 11.3 Å². The van der Waals surface area contributed by atoms with Gasteiger partial charge >= 0.3 is 0 Å². The van der Waals surface area contributed by atoms with Gasteiger partial charge in [-0.2, -0.15) is 0 Å². The summed E-state index contributed by atoms with van der Waals surface area (Å²) in [6.07, 6.45) is 2.37. The van der Waals surface area contributed by atoms with Gasteiger partial charge in [0.15, 0.2) is 5.96 Å². The van der Waals surface area contributed by atoms with Crippen LogP contribution in [0.3, 0.4) is 0 Å². The second-order valence-corrected chi connectivity index (χ2v) is 7.82. The lowest BCUT2D eigenvalue weighted by atomic mass is 9.91. The van der Waals surface area contributed by atoms with Crippen molar-refractivity contribution in [2.75, 3.05) is 13.1 Å². The lowest BCUT2D eigenvalue weighted by molar-refractivity contribution is 0.365. The second-order valence-electron chi connectivity index (χ2n) is 6.54. The van der Waals surface area contributed by atoms with Crippen LogP contribution in [0.1, 0.15) is 56.1 Å². The van der Waals surface area contributed by atoms with E-state index < -0.39 is 0 Å². The van der Waals surface area contributed by atoms with Crippen LogP contribution in [0.15, 0.2) is 4.99 Å². The van der Waals surface area contributed by atoms with Crippen molar-refractivity contribution in [3.8, 4) is 0 Å². The third-order valence-corrected chi connectivity index (χ3v) is 4.24. The molecule has 0 fully saturated rings. The van der Waals surface area contributed by atoms with Crippen LogP contribution in [0.2, 0.25) is 0 Å². The van der Waals surface area contributed by atoms with Crippen LogP contribution in [-0.2, 0) is 6.54 Å². The minimum absolute atomic E-state index is 0. The molecule has 0 spiro atoms. The molecule has 0 saturated heterocycles. The van der Waals surface area contributed by atoms with Gasteiger partial charge in [0.1, 0.15) is 5.01 Å². The number of hydrogen-bond acceptors (Lipinski definition) is 3. The summed E-state index contributed by atoms with van der Waals surface area (Å²) >= 11 is 1.73. The predicted molar refractivity (Wildman–Crippen MR) is 109 cm³/mol. The van der Waals surface area contributed by atoms with Gasteiger partial charge in [0.25, 0.3) is 0 Å². The highest BCUT2D eigenvalue weighted by Crippen LogP contribution is 2.19. The normalized spacial score (nSPS) is 12.0. The van der Waals surface area contributed by atoms with Gasteiger partial charge in [0.05, 0.1) is 12.2 Å². The molecule has 0 unspecified atom stereocenters. The smallest absolute Gasteiger partial charge is 0.191 e. The molecule has 6 heteroatoms. The Hall–Kier alpha value is -0.370. The van der Waals surface area contributed by atoms with E-state index in [0.29, 0.717) is 12.0 Å². The maximum atomic E-state index is 4.61.